The Balaban J connectivity index is 1.34. The van der Waals surface area contributed by atoms with Crippen LogP contribution in [0.25, 0.3) is 0 Å². The predicted octanol–water partition coefficient (Wildman–Crippen LogP) is 3.81. The zero-order valence-corrected chi connectivity index (χ0v) is 18.4. The van der Waals surface area contributed by atoms with Crippen molar-refractivity contribution >= 4 is 10.0 Å². The topological polar surface area (TPSA) is 66.8 Å². The summed E-state index contributed by atoms with van der Waals surface area (Å²) >= 11 is 0. The van der Waals surface area contributed by atoms with Crippen molar-refractivity contribution in [2.45, 2.75) is 51.0 Å². The van der Waals surface area contributed by atoms with Gasteiger partial charge in [0.2, 0.25) is 10.0 Å². The van der Waals surface area contributed by atoms with E-state index in [0.717, 1.165) is 49.8 Å². The third-order valence-corrected chi connectivity index (χ3v) is 7.60. The maximum absolute atomic E-state index is 12.6. The molecule has 0 radical (unpaired) electrons. The molecule has 2 aromatic rings. The maximum atomic E-state index is 12.6. The molecule has 1 fully saturated rings. The first-order chi connectivity index (χ1) is 14.6. The third kappa shape index (κ3) is 6.83. The second-order valence-electron chi connectivity index (χ2n) is 7.94. The lowest BCUT2D eigenvalue weighted by Crippen LogP contribution is -2.39. The number of aryl methyl sites for hydroxylation is 2. The normalized spacial score (nSPS) is 17.3. The number of hydrogen-bond donors (Lipinski definition) is 1. The summed E-state index contributed by atoms with van der Waals surface area (Å²) in [6.45, 7) is 1.11. The second-order valence-corrected chi connectivity index (χ2v) is 9.99. The van der Waals surface area contributed by atoms with Crippen molar-refractivity contribution in [2.24, 2.45) is 0 Å². The predicted molar refractivity (Wildman–Crippen MR) is 120 cm³/mol. The maximum Gasteiger partial charge on any atom is 0.214 e. The number of rotatable bonds is 12. The van der Waals surface area contributed by atoms with Gasteiger partial charge in [0.25, 0.3) is 0 Å². The van der Waals surface area contributed by atoms with Crippen LogP contribution in [0, 0.1) is 0 Å². The van der Waals surface area contributed by atoms with E-state index in [0.29, 0.717) is 19.6 Å². The molecule has 0 saturated carbocycles. The van der Waals surface area contributed by atoms with Gasteiger partial charge in [-0.25, -0.2) is 8.42 Å². The van der Waals surface area contributed by atoms with E-state index in [-0.39, 0.29) is 18.4 Å². The van der Waals surface area contributed by atoms with E-state index in [1.165, 1.54) is 9.87 Å². The van der Waals surface area contributed by atoms with Crippen LogP contribution in [0.4, 0.5) is 0 Å². The average Bonchev–Trinajstić information content (AvgIpc) is 3.26. The van der Waals surface area contributed by atoms with Gasteiger partial charge >= 0.3 is 0 Å². The van der Waals surface area contributed by atoms with Crippen molar-refractivity contribution < 1.29 is 18.3 Å². The summed E-state index contributed by atoms with van der Waals surface area (Å²) in [5, 5.41) is 9.37. The average molecular weight is 432 g/mol. The highest BCUT2D eigenvalue weighted by atomic mass is 32.2. The van der Waals surface area contributed by atoms with Crippen molar-refractivity contribution in [3.8, 4) is 5.75 Å². The van der Waals surface area contributed by atoms with E-state index >= 15 is 0 Å². The highest BCUT2D eigenvalue weighted by Crippen LogP contribution is 2.22. The van der Waals surface area contributed by atoms with Crippen molar-refractivity contribution in [2.75, 3.05) is 25.5 Å². The molecule has 0 amide bonds. The second kappa shape index (κ2) is 11.5. The van der Waals surface area contributed by atoms with Gasteiger partial charge in [-0.05, 0) is 68.2 Å². The first-order valence-electron chi connectivity index (χ1n) is 10.9. The van der Waals surface area contributed by atoms with Crippen LogP contribution in [0.1, 0.15) is 43.2 Å². The van der Waals surface area contributed by atoms with Gasteiger partial charge in [0.1, 0.15) is 5.75 Å². The van der Waals surface area contributed by atoms with Gasteiger partial charge in [-0.1, -0.05) is 42.5 Å². The zero-order valence-electron chi connectivity index (χ0n) is 17.6. The molecule has 1 heterocycles. The van der Waals surface area contributed by atoms with E-state index in [1.807, 2.05) is 30.3 Å². The Kier molecular flexibility index (Phi) is 8.73. The minimum Gasteiger partial charge on any atom is -0.494 e. The monoisotopic (exact) mass is 431 g/mol. The van der Waals surface area contributed by atoms with Crippen molar-refractivity contribution in [1.29, 1.82) is 0 Å². The molecule has 164 valence electrons. The number of aliphatic hydroxyl groups is 1. The lowest BCUT2D eigenvalue weighted by atomic mass is 10.1. The fraction of sp³-hybridized carbons (Fsp3) is 0.500. The molecule has 0 bridgehead atoms. The zero-order chi connectivity index (χ0) is 21.2. The molecule has 1 saturated heterocycles. The molecule has 2 aromatic carbocycles. The standard InChI is InChI=1S/C24H33NO4S/c26-20-23-11-7-17-25(23)30(27,28)19-16-22-12-14-24(15-13-22)29-18-6-2-5-10-21-8-3-1-4-9-21/h1,3-4,8-9,12-15,23,26H,2,5-7,10-11,16-20H2/t23-/m0/s1. The molecule has 1 aliphatic rings. The summed E-state index contributed by atoms with van der Waals surface area (Å²) in [5.41, 5.74) is 2.36. The van der Waals surface area contributed by atoms with Crippen LogP contribution < -0.4 is 4.74 Å². The fourth-order valence-electron chi connectivity index (χ4n) is 3.92. The number of ether oxygens (including phenoxy) is 1. The van der Waals surface area contributed by atoms with E-state index in [2.05, 4.69) is 24.3 Å². The number of sulfonamides is 1. The Morgan fingerprint density at radius 2 is 1.67 bits per heavy atom. The van der Waals surface area contributed by atoms with E-state index in [1.54, 1.807) is 0 Å². The summed E-state index contributed by atoms with van der Waals surface area (Å²) in [6, 6.07) is 18.0. The molecule has 0 spiro atoms. The van der Waals surface area contributed by atoms with Crippen LogP contribution in [0.2, 0.25) is 0 Å². The number of hydrogen-bond acceptors (Lipinski definition) is 4. The summed E-state index contributed by atoms with van der Waals surface area (Å²) in [7, 11) is -3.33. The van der Waals surface area contributed by atoms with E-state index in [4.69, 9.17) is 4.74 Å². The molecular formula is C24H33NO4S. The molecule has 0 aromatic heterocycles. The number of benzene rings is 2. The molecule has 0 aliphatic carbocycles. The fourth-order valence-corrected chi connectivity index (χ4v) is 5.68. The van der Waals surface area contributed by atoms with Gasteiger partial charge in [0.15, 0.2) is 0 Å². The molecule has 6 heteroatoms. The van der Waals surface area contributed by atoms with E-state index < -0.39 is 10.0 Å². The van der Waals surface area contributed by atoms with Gasteiger partial charge in [-0.3, -0.25) is 0 Å². The van der Waals surface area contributed by atoms with Gasteiger partial charge in [-0.15, -0.1) is 0 Å². The number of nitrogens with zero attached hydrogens (tertiary/aromatic N) is 1. The molecule has 0 unspecified atom stereocenters. The van der Waals surface area contributed by atoms with Gasteiger partial charge < -0.3 is 9.84 Å². The molecule has 1 aliphatic heterocycles. The van der Waals surface area contributed by atoms with Crippen LogP contribution in [0.15, 0.2) is 54.6 Å². The Morgan fingerprint density at radius 3 is 2.40 bits per heavy atom. The lowest BCUT2D eigenvalue weighted by molar-refractivity contribution is 0.213. The van der Waals surface area contributed by atoms with Gasteiger partial charge in [-0.2, -0.15) is 4.31 Å². The molecule has 3 rings (SSSR count). The van der Waals surface area contributed by atoms with Crippen LogP contribution in [0.5, 0.6) is 5.75 Å². The van der Waals surface area contributed by atoms with Crippen LogP contribution in [-0.4, -0.2) is 49.4 Å². The SMILES string of the molecule is O=S(=O)(CCc1ccc(OCCCCCc2ccccc2)cc1)N1CCC[C@H]1CO. The van der Waals surface area contributed by atoms with Crippen molar-refractivity contribution in [3.63, 3.8) is 0 Å². The summed E-state index contributed by atoms with van der Waals surface area (Å²) in [6.07, 6.45) is 6.46. The minimum atomic E-state index is -3.33. The molecule has 1 atom stereocenters. The number of aliphatic hydroxyl groups excluding tert-OH is 1. The molecule has 5 nitrogen and oxygen atoms in total. The largest absolute Gasteiger partial charge is 0.494 e. The molecular weight excluding hydrogens is 398 g/mol. The summed E-state index contributed by atoms with van der Waals surface area (Å²) in [4.78, 5) is 0. The smallest absolute Gasteiger partial charge is 0.214 e. The van der Waals surface area contributed by atoms with Crippen molar-refractivity contribution in [3.05, 3.63) is 65.7 Å². The highest BCUT2D eigenvalue weighted by molar-refractivity contribution is 7.89. The quantitative estimate of drug-likeness (QED) is 0.519. The number of unbranched alkanes of at least 4 members (excludes halogenated alkanes) is 2. The summed E-state index contributed by atoms with van der Waals surface area (Å²) < 4.78 is 32.4. The Bertz CT molecular complexity index is 853. The third-order valence-electron chi connectivity index (χ3n) is 5.68. The lowest BCUT2D eigenvalue weighted by Gasteiger charge is -2.22. The Labute approximate surface area is 180 Å². The van der Waals surface area contributed by atoms with Crippen LogP contribution in [0.3, 0.4) is 0 Å². The van der Waals surface area contributed by atoms with Crippen LogP contribution >= 0.6 is 0 Å². The Morgan fingerprint density at radius 1 is 0.933 bits per heavy atom. The van der Waals surface area contributed by atoms with Gasteiger partial charge in [0.05, 0.1) is 19.0 Å². The summed E-state index contributed by atoms with van der Waals surface area (Å²) in [5.74, 6) is 0.898. The first kappa shape index (κ1) is 22.8. The highest BCUT2D eigenvalue weighted by Gasteiger charge is 2.33. The van der Waals surface area contributed by atoms with E-state index in [9.17, 15) is 13.5 Å². The van der Waals surface area contributed by atoms with Crippen LogP contribution in [-0.2, 0) is 22.9 Å². The molecule has 1 N–H and O–H groups in total. The minimum absolute atomic E-state index is 0.0745. The van der Waals surface area contributed by atoms with Gasteiger partial charge in [0, 0.05) is 12.6 Å². The van der Waals surface area contributed by atoms with Crippen molar-refractivity contribution in [1.82, 2.24) is 4.31 Å². The molecule has 30 heavy (non-hydrogen) atoms. The first-order valence-corrected chi connectivity index (χ1v) is 12.6. The Hall–Kier alpha value is -1.89.